The van der Waals surface area contributed by atoms with E-state index in [1.807, 2.05) is 13.8 Å². The lowest BCUT2D eigenvalue weighted by molar-refractivity contribution is 1.59. The van der Waals surface area contributed by atoms with Crippen LogP contribution < -0.4 is 0 Å². The lowest BCUT2D eigenvalue weighted by Crippen LogP contribution is -1.77. The molecule has 13 heavy (non-hydrogen) atoms. The summed E-state index contributed by atoms with van der Waals surface area (Å²) < 4.78 is 0. The van der Waals surface area contributed by atoms with Crippen molar-refractivity contribution in [1.82, 2.24) is 0 Å². The largest absolute Gasteiger partial charge is 0.0870 e. The van der Waals surface area contributed by atoms with Gasteiger partial charge in [-0.3, -0.25) is 0 Å². The summed E-state index contributed by atoms with van der Waals surface area (Å²) in [6.45, 7) is 4.07. The van der Waals surface area contributed by atoms with Gasteiger partial charge in [-0.05, 0) is 25.0 Å². The molecule has 0 radical (unpaired) electrons. The second-order valence-electron chi connectivity index (χ2n) is 2.63. The van der Waals surface area contributed by atoms with Gasteiger partial charge in [-0.2, -0.15) is 0 Å². The first kappa shape index (κ1) is 11.7. The normalized spacial score (nSPS) is 10.6. The van der Waals surface area contributed by atoms with E-state index in [4.69, 9.17) is 0 Å². The number of benzene rings is 1. The Balaban J connectivity index is 0.00000144. The maximum absolute atomic E-state index is 2.12. The smallest absolute Gasteiger partial charge is 0.0187 e. The van der Waals surface area contributed by atoms with Gasteiger partial charge in [0.15, 0.2) is 0 Å². The zero-order chi connectivity index (χ0) is 8.81. The number of hydrogen-bond donors (Lipinski definition) is 0. The van der Waals surface area contributed by atoms with E-state index in [9.17, 15) is 0 Å². The van der Waals surface area contributed by atoms with E-state index in [2.05, 4.69) is 48.6 Å². The zero-order valence-corrected chi connectivity index (χ0v) is 7.62. The highest BCUT2D eigenvalue weighted by Gasteiger charge is 1.91. The molecule has 0 spiro atoms. The van der Waals surface area contributed by atoms with E-state index in [-0.39, 0.29) is 7.43 Å². The summed E-state index contributed by atoms with van der Waals surface area (Å²) in [5.74, 6) is 0. The highest BCUT2D eigenvalue weighted by Crippen LogP contribution is 2.12. The molecule has 0 saturated carbocycles. The van der Waals surface area contributed by atoms with Crippen molar-refractivity contribution in [2.24, 2.45) is 0 Å². The predicted molar refractivity (Wildman–Crippen MR) is 62.6 cm³/mol. The monoisotopic (exact) mass is 174 g/mol. The van der Waals surface area contributed by atoms with Crippen molar-refractivity contribution < 1.29 is 0 Å². The van der Waals surface area contributed by atoms with Crippen molar-refractivity contribution in [2.45, 2.75) is 21.3 Å². The van der Waals surface area contributed by atoms with Crippen LogP contribution in [0.5, 0.6) is 0 Å². The van der Waals surface area contributed by atoms with Crippen molar-refractivity contribution in [3.63, 3.8) is 0 Å². The molecule has 0 aliphatic rings. The molecule has 70 valence electrons. The molecular weight excluding hydrogens is 156 g/mol. The summed E-state index contributed by atoms with van der Waals surface area (Å²) in [4.78, 5) is 0. The van der Waals surface area contributed by atoms with E-state index in [1.54, 1.807) is 0 Å². The molecule has 1 aromatic carbocycles. The summed E-state index contributed by atoms with van der Waals surface area (Å²) in [6, 6.07) is 8.36. The van der Waals surface area contributed by atoms with Crippen LogP contribution in [-0.4, -0.2) is 0 Å². The molecular formula is C13H18. The molecule has 0 atom stereocenters. The van der Waals surface area contributed by atoms with Gasteiger partial charge in [0, 0.05) is 0 Å². The molecule has 0 amide bonds. The standard InChI is InChI=1S/C12H14.CH4/c1-3-7-11-9-5-6-10-12(11)8-4-2;/h3-10H,1-2H3;1H4/b7-3-,8-4-;. The van der Waals surface area contributed by atoms with E-state index >= 15 is 0 Å². The first-order chi connectivity index (χ1) is 5.88. The summed E-state index contributed by atoms with van der Waals surface area (Å²) in [7, 11) is 0. The second-order valence-corrected chi connectivity index (χ2v) is 2.63. The first-order valence-electron chi connectivity index (χ1n) is 4.23. The van der Waals surface area contributed by atoms with Crippen LogP contribution >= 0.6 is 0 Å². The third-order valence-corrected chi connectivity index (χ3v) is 1.69. The lowest BCUT2D eigenvalue weighted by atomic mass is 10.1. The van der Waals surface area contributed by atoms with Crippen LogP contribution in [0.2, 0.25) is 0 Å². The molecule has 0 aromatic heterocycles. The summed E-state index contributed by atoms with van der Waals surface area (Å²) in [5, 5.41) is 0. The van der Waals surface area contributed by atoms with Crippen LogP contribution in [0.3, 0.4) is 0 Å². The topological polar surface area (TPSA) is 0 Å². The highest BCUT2D eigenvalue weighted by atomic mass is 14.0. The Morgan fingerprint density at radius 3 is 1.54 bits per heavy atom. The van der Waals surface area contributed by atoms with Crippen LogP contribution in [0.15, 0.2) is 36.4 Å². The molecule has 1 aromatic rings. The second kappa shape index (κ2) is 6.24. The summed E-state index contributed by atoms with van der Waals surface area (Å²) in [5.41, 5.74) is 2.55. The molecule has 0 saturated heterocycles. The molecule has 0 heterocycles. The highest BCUT2D eigenvalue weighted by molar-refractivity contribution is 5.64. The number of allylic oxidation sites excluding steroid dienone is 2. The molecule has 0 aliphatic heterocycles. The SMILES string of the molecule is C.C/C=C\c1ccccc1/C=C\C. The minimum absolute atomic E-state index is 0. The fraction of sp³-hybridized carbons (Fsp3) is 0.231. The quantitative estimate of drug-likeness (QED) is 0.623. The van der Waals surface area contributed by atoms with Gasteiger partial charge >= 0.3 is 0 Å². The average molecular weight is 174 g/mol. The Labute approximate surface area is 81.6 Å². The van der Waals surface area contributed by atoms with Crippen molar-refractivity contribution in [3.8, 4) is 0 Å². The summed E-state index contributed by atoms with van der Waals surface area (Å²) in [6.07, 6.45) is 8.36. The van der Waals surface area contributed by atoms with Gasteiger partial charge in [0.05, 0.1) is 0 Å². The fourth-order valence-electron chi connectivity index (χ4n) is 1.17. The maximum Gasteiger partial charge on any atom is -0.0187 e. The number of rotatable bonds is 2. The maximum atomic E-state index is 2.12. The lowest BCUT2D eigenvalue weighted by Gasteiger charge is -1.98. The summed E-state index contributed by atoms with van der Waals surface area (Å²) >= 11 is 0. The Bertz CT molecular complexity index is 262. The predicted octanol–water partition coefficient (Wildman–Crippen LogP) is 4.39. The molecule has 0 aliphatic carbocycles. The molecule has 0 fully saturated rings. The molecule has 0 unspecified atom stereocenters. The molecule has 0 N–H and O–H groups in total. The zero-order valence-electron chi connectivity index (χ0n) is 7.62. The minimum Gasteiger partial charge on any atom is -0.0870 e. The van der Waals surface area contributed by atoms with Crippen molar-refractivity contribution in [2.75, 3.05) is 0 Å². The molecule has 0 bridgehead atoms. The van der Waals surface area contributed by atoms with Crippen molar-refractivity contribution in [3.05, 3.63) is 47.5 Å². The molecule has 0 heteroatoms. The first-order valence-corrected chi connectivity index (χ1v) is 4.23. The van der Waals surface area contributed by atoms with E-state index < -0.39 is 0 Å². The van der Waals surface area contributed by atoms with Crippen LogP contribution in [0.1, 0.15) is 32.4 Å². The van der Waals surface area contributed by atoms with Gasteiger partial charge in [0.2, 0.25) is 0 Å². The number of hydrogen-bond acceptors (Lipinski definition) is 0. The van der Waals surface area contributed by atoms with Crippen LogP contribution in [-0.2, 0) is 0 Å². The Morgan fingerprint density at radius 1 is 0.846 bits per heavy atom. The van der Waals surface area contributed by atoms with Crippen LogP contribution in [0.4, 0.5) is 0 Å². The average Bonchev–Trinajstić information content (AvgIpc) is 2.09. The Morgan fingerprint density at radius 2 is 1.23 bits per heavy atom. The molecule has 0 nitrogen and oxygen atoms in total. The van der Waals surface area contributed by atoms with Crippen molar-refractivity contribution in [1.29, 1.82) is 0 Å². The van der Waals surface area contributed by atoms with Crippen LogP contribution in [0.25, 0.3) is 12.2 Å². The van der Waals surface area contributed by atoms with E-state index in [0.717, 1.165) is 0 Å². The van der Waals surface area contributed by atoms with Gasteiger partial charge in [0.1, 0.15) is 0 Å². The minimum atomic E-state index is 0. The van der Waals surface area contributed by atoms with Gasteiger partial charge in [-0.1, -0.05) is 56.0 Å². The third kappa shape index (κ3) is 3.29. The van der Waals surface area contributed by atoms with Gasteiger partial charge in [-0.15, -0.1) is 0 Å². The molecule has 1 rings (SSSR count). The fourth-order valence-corrected chi connectivity index (χ4v) is 1.17. The van der Waals surface area contributed by atoms with E-state index in [1.165, 1.54) is 11.1 Å². The Hall–Kier alpha value is -1.30. The van der Waals surface area contributed by atoms with Crippen molar-refractivity contribution >= 4 is 12.2 Å². The van der Waals surface area contributed by atoms with Crippen LogP contribution in [0, 0.1) is 0 Å². The van der Waals surface area contributed by atoms with E-state index in [0.29, 0.717) is 0 Å². The van der Waals surface area contributed by atoms with Gasteiger partial charge < -0.3 is 0 Å². The third-order valence-electron chi connectivity index (χ3n) is 1.69. The van der Waals surface area contributed by atoms with Gasteiger partial charge in [-0.25, -0.2) is 0 Å². The van der Waals surface area contributed by atoms with Gasteiger partial charge in [0.25, 0.3) is 0 Å². The Kier molecular flexibility index (Phi) is 5.62.